The van der Waals surface area contributed by atoms with Gasteiger partial charge in [0.15, 0.2) is 12.6 Å². The zero-order chi connectivity index (χ0) is 18.1. The second kappa shape index (κ2) is 7.86. The fraction of sp³-hybridized carbons (Fsp3) is 1.00. The lowest BCUT2D eigenvalue weighted by Gasteiger charge is -2.19. The third-order valence-electron chi connectivity index (χ3n) is 3.97. The Labute approximate surface area is 138 Å². The molecule has 0 amide bonds. The maximum absolute atomic E-state index is 11.4. The first-order valence-electron chi connectivity index (χ1n) is 7.46. The van der Waals surface area contributed by atoms with Crippen molar-refractivity contribution in [3.8, 4) is 0 Å². The number of nitrogens with one attached hydrogen (secondary N) is 1. The summed E-state index contributed by atoms with van der Waals surface area (Å²) in [6.45, 7) is 0.885. The Morgan fingerprint density at radius 2 is 1.58 bits per heavy atom. The van der Waals surface area contributed by atoms with E-state index in [0.29, 0.717) is 0 Å². The second-order valence-corrected chi connectivity index (χ2v) is 7.75. The van der Waals surface area contributed by atoms with Crippen LogP contribution >= 0.6 is 0 Å². The zero-order valence-electron chi connectivity index (χ0n) is 12.9. The summed E-state index contributed by atoms with van der Waals surface area (Å²) in [5.74, 6) is -0.139. The van der Waals surface area contributed by atoms with E-state index in [-0.39, 0.29) is 18.9 Å². The van der Waals surface area contributed by atoms with Crippen molar-refractivity contribution in [2.24, 2.45) is 0 Å². The Hall–Kier alpha value is -0.410. The Bertz CT molecular complexity index is 516. The van der Waals surface area contributed by atoms with E-state index in [0.717, 1.165) is 0 Å². The minimum absolute atomic E-state index is 0.139. The third kappa shape index (κ3) is 4.40. The highest BCUT2D eigenvalue weighted by Gasteiger charge is 2.46. The average molecular weight is 373 g/mol. The van der Waals surface area contributed by atoms with E-state index in [1.54, 1.807) is 0 Å². The van der Waals surface area contributed by atoms with Crippen molar-refractivity contribution in [1.82, 2.24) is 4.72 Å². The molecule has 2 fully saturated rings. The van der Waals surface area contributed by atoms with Crippen molar-refractivity contribution in [3.63, 3.8) is 0 Å². The molecule has 0 unspecified atom stereocenters. The molecule has 0 bridgehead atoms. The van der Waals surface area contributed by atoms with Crippen LogP contribution in [-0.2, 0) is 24.2 Å². The molecule has 0 aromatic heterocycles. The molecule has 2 rings (SSSR count). The Morgan fingerprint density at radius 1 is 0.958 bits per heavy atom. The molecule has 24 heavy (non-hydrogen) atoms. The minimum atomic E-state index is -3.48. The quantitative estimate of drug-likeness (QED) is 0.257. The van der Waals surface area contributed by atoms with Crippen molar-refractivity contribution >= 4 is 10.0 Å². The normalized spacial score (nSPS) is 43.4. The van der Waals surface area contributed by atoms with Gasteiger partial charge in [-0.3, -0.25) is 0 Å². The van der Waals surface area contributed by atoms with Crippen molar-refractivity contribution in [3.05, 3.63) is 0 Å². The van der Waals surface area contributed by atoms with Crippen molar-refractivity contribution in [2.45, 2.75) is 56.1 Å². The molecular weight excluding hydrogens is 350 g/mol. The van der Waals surface area contributed by atoms with Gasteiger partial charge in [-0.25, -0.2) is 13.1 Å². The van der Waals surface area contributed by atoms with Crippen LogP contribution in [0.3, 0.4) is 0 Å². The van der Waals surface area contributed by atoms with E-state index in [4.69, 9.17) is 14.2 Å². The molecule has 0 radical (unpaired) electrons. The fourth-order valence-corrected chi connectivity index (χ4v) is 3.01. The number of hydrogen-bond donors (Lipinski definition) is 6. The predicted octanol–water partition coefficient (Wildman–Crippen LogP) is -4.17. The summed E-state index contributed by atoms with van der Waals surface area (Å²) in [7, 11) is -3.48. The summed E-state index contributed by atoms with van der Waals surface area (Å²) in [5.41, 5.74) is 0. The largest absolute Gasteiger partial charge is 0.387 e. The lowest BCUT2D eigenvalue weighted by Crippen LogP contribution is -2.40. The maximum Gasteiger partial charge on any atom is 0.211 e. The standard InChI is InChI=1S/C12H23NO10S/c1-2-24(19,20)13-3-5-7(14)10(17)12(23-5)21-4-6-8(15)9(16)11(18)22-6/h5-18H,2-4H2,1H3/t5-,6-,7-,8-,9+,10+,11+,12+/m1/s1. The van der Waals surface area contributed by atoms with Gasteiger partial charge in [0.05, 0.1) is 12.4 Å². The summed E-state index contributed by atoms with van der Waals surface area (Å²) in [6, 6.07) is 0. The summed E-state index contributed by atoms with van der Waals surface area (Å²) in [5, 5.41) is 48.0. The van der Waals surface area contributed by atoms with Crippen LogP contribution in [0.2, 0.25) is 0 Å². The van der Waals surface area contributed by atoms with Crippen LogP contribution in [0.1, 0.15) is 6.92 Å². The fourth-order valence-electron chi connectivity index (χ4n) is 2.39. The van der Waals surface area contributed by atoms with Crippen molar-refractivity contribution < 1.29 is 48.2 Å². The van der Waals surface area contributed by atoms with Crippen LogP contribution in [0.4, 0.5) is 0 Å². The van der Waals surface area contributed by atoms with Gasteiger partial charge in [0.1, 0.15) is 36.6 Å². The van der Waals surface area contributed by atoms with Crippen molar-refractivity contribution in [2.75, 3.05) is 18.9 Å². The van der Waals surface area contributed by atoms with Gasteiger partial charge in [0.25, 0.3) is 0 Å². The molecule has 0 saturated carbocycles. The lowest BCUT2D eigenvalue weighted by atomic mass is 10.1. The lowest BCUT2D eigenvalue weighted by molar-refractivity contribution is -0.195. The zero-order valence-corrected chi connectivity index (χ0v) is 13.7. The van der Waals surface area contributed by atoms with Crippen LogP contribution in [-0.4, -0.2) is 102 Å². The van der Waals surface area contributed by atoms with Crippen LogP contribution < -0.4 is 4.72 Å². The van der Waals surface area contributed by atoms with E-state index in [1.165, 1.54) is 6.92 Å². The topological polar surface area (TPSA) is 175 Å². The Balaban J connectivity index is 1.84. The Morgan fingerprint density at radius 3 is 2.12 bits per heavy atom. The van der Waals surface area contributed by atoms with E-state index < -0.39 is 59.2 Å². The summed E-state index contributed by atoms with van der Waals surface area (Å²) < 4.78 is 40.4. The molecule has 2 aliphatic rings. The first-order valence-corrected chi connectivity index (χ1v) is 9.11. The molecule has 11 nitrogen and oxygen atoms in total. The van der Waals surface area contributed by atoms with Gasteiger partial charge in [-0.2, -0.15) is 0 Å². The highest BCUT2D eigenvalue weighted by Crippen LogP contribution is 2.25. The third-order valence-corrected chi connectivity index (χ3v) is 5.33. The highest BCUT2D eigenvalue weighted by molar-refractivity contribution is 7.89. The van der Waals surface area contributed by atoms with Crippen LogP contribution in [0.25, 0.3) is 0 Å². The molecule has 0 spiro atoms. The molecule has 2 saturated heterocycles. The van der Waals surface area contributed by atoms with Gasteiger partial charge in [-0.05, 0) is 6.92 Å². The predicted molar refractivity (Wildman–Crippen MR) is 77.0 cm³/mol. The number of aliphatic hydroxyl groups excluding tert-OH is 5. The number of aliphatic hydroxyl groups is 5. The van der Waals surface area contributed by atoms with E-state index in [1.807, 2.05) is 0 Å². The summed E-state index contributed by atoms with van der Waals surface area (Å²) in [4.78, 5) is 0. The van der Waals surface area contributed by atoms with Gasteiger partial charge < -0.3 is 39.7 Å². The average Bonchev–Trinajstić information content (AvgIpc) is 2.95. The molecule has 0 aromatic carbocycles. The van der Waals surface area contributed by atoms with E-state index in [2.05, 4.69) is 4.72 Å². The molecule has 0 aromatic rings. The van der Waals surface area contributed by atoms with Crippen LogP contribution in [0.15, 0.2) is 0 Å². The maximum atomic E-state index is 11.4. The van der Waals surface area contributed by atoms with Gasteiger partial charge in [-0.15, -0.1) is 0 Å². The molecule has 2 aliphatic heterocycles. The van der Waals surface area contributed by atoms with Gasteiger partial charge in [-0.1, -0.05) is 0 Å². The molecule has 2 heterocycles. The van der Waals surface area contributed by atoms with Gasteiger partial charge in [0.2, 0.25) is 10.0 Å². The SMILES string of the molecule is CCS(=O)(=O)NC[C@H]1O[C@H](OC[C@H]2O[C@H](O)[C@@H](O)[C@@H]2O)[C@@H](O)[C@@H]1O. The number of ether oxygens (including phenoxy) is 3. The number of sulfonamides is 1. The van der Waals surface area contributed by atoms with E-state index in [9.17, 15) is 34.0 Å². The number of rotatable bonds is 7. The highest BCUT2D eigenvalue weighted by atomic mass is 32.2. The monoisotopic (exact) mass is 373 g/mol. The molecular formula is C12H23NO10S. The Kier molecular flexibility index (Phi) is 6.52. The van der Waals surface area contributed by atoms with Crippen LogP contribution in [0, 0.1) is 0 Å². The minimum Gasteiger partial charge on any atom is -0.387 e. The van der Waals surface area contributed by atoms with Crippen LogP contribution in [0.5, 0.6) is 0 Å². The summed E-state index contributed by atoms with van der Waals surface area (Å²) in [6.07, 6.45) is -10.6. The molecule has 6 N–H and O–H groups in total. The summed E-state index contributed by atoms with van der Waals surface area (Å²) >= 11 is 0. The first kappa shape index (κ1) is 19.9. The first-order chi connectivity index (χ1) is 11.2. The van der Waals surface area contributed by atoms with Crippen molar-refractivity contribution in [1.29, 1.82) is 0 Å². The van der Waals surface area contributed by atoms with E-state index >= 15 is 0 Å². The molecule has 8 atom stereocenters. The number of hydrogen-bond acceptors (Lipinski definition) is 10. The van der Waals surface area contributed by atoms with Gasteiger partial charge >= 0.3 is 0 Å². The molecule has 12 heteroatoms. The molecule has 0 aliphatic carbocycles. The second-order valence-electron chi connectivity index (χ2n) is 5.66. The smallest absolute Gasteiger partial charge is 0.211 e. The molecule has 142 valence electrons. The van der Waals surface area contributed by atoms with Gasteiger partial charge in [0, 0.05) is 6.54 Å².